The maximum absolute atomic E-state index is 5.64. The fourth-order valence-corrected chi connectivity index (χ4v) is 1.37. The molecule has 5 nitrogen and oxygen atoms in total. The van der Waals surface area contributed by atoms with Crippen molar-refractivity contribution in [3.05, 3.63) is 17.8 Å². The minimum Gasteiger partial charge on any atom is -0.383 e. The van der Waals surface area contributed by atoms with Gasteiger partial charge in [-0.1, -0.05) is 0 Å². The number of ether oxygens (including phenoxy) is 1. The number of methoxy groups -OCH3 is 1. The summed E-state index contributed by atoms with van der Waals surface area (Å²) in [4.78, 5) is 2.03. The second kappa shape index (κ2) is 5.63. The van der Waals surface area contributed by atoms with Crippen LogP contribution in [0.1, 0.15) is 12.5 Å². The van der Waals surface area contributed by atoms with Crippen LogP contribution in [0.15, 0.2) is 12.3 Å². The van der Waals surface area contributed by atoms with Crippen molar-refractivity contribution in [3.8, 4) is 0 Å². The molecule has 15 heavy (non-hydrogen) atoms. The number of anilines is 1. The van der Waals surface area contributed by atoms with Gasteiger partial charge in [0.05, 0.1) is 18.8 Å². The fourth-order valence-electron chi connectivity index (χ4n) is 1.37. The minimum atomic E-state index is 0.247. The van der Waals surface area contributed by atoms with E-state index in [4.69, 9.17) is 10.5 Å². The van der Waals surface area contributed by atoms with Gasteiger partial charge in [-0.05, 0) is 13.0 Å². The molecule has 84 valence electrons. The van der Waals surface area contributed by atoms with Crippen molar-refractivity contribution in [2.24, 2.45) is 5.73 Å². The standard InChI is InChI=1S/C10H18N4O/c1-8(7-15-3)14(2)10-9(6-11)4-5-12-13-10/h4-5,8H,6-7,11H2,1-3H3. The summed E-state index contributed by atoms with van der Waals surface area (Å²) >= 11 is 0. The molecule has 2 N–H and O–H groups in total. The van der Waals surface area contributed by atoms with Gasteiger partial charge in [-0.2, -0.15) is 5.10 Å². The molecule has 0 radical (unpaired) electrons. The van der Waals surface area contributed by atoms with E-state index < -0.39 is 0 Å². The van der Waals surface area contributed by atoms with Crippen LogP contribution in [0.3, 0.4) is 0 Å². The number of hydrogen-bond acceptors (Lipinski definition) is 5. The molecule has 0 bridgehead atoms. The Morgan fingerprint density at radius 2 is 2.33 bits per heavy atom. The number of nitrogens with two attached hydrogens (primary N) is 1. The summed E-state index contributed by atoms with van der Waals surface area (Å²) in [6.45, 7) is 3.18. The van der Waals surface area contributed by atoms with Gasteiger partial charge in [0.1, 0.15) is 0 Å². The van der Waals surface area contributed by atoms with E-state index >= 15 is 0 Å². The van der Waals surface area contributed by atoms with Gasteiger partial charge in [0, 0.05) is 26.3 Å². The van der Waals surface area contributed by atoms with Gasteiger partial charge >= 0.3 is 0 Å². The third-order valence-corrected chi connectivity index (χ3v) is 2.41. The monoisotopic (exact) mass is 210 g/mol. The molecule has 1 atom stereocenters. The third kappa shape index (κ3) is 2.87. The summed E-state index contributed by atoms with van der Waals surface area (Å²) in [6, 6.07) is 2.13. The summed E-state index contributed by atoms with van der Waals surface area (Å²) in [6.07, 6.45) is 1.65. The first-order chi connectivity index (χ1) is 7.20. The molecule has 1 rings (SSSR count). The zero-order valence-electron chi connectivity index (χ0n) is 9.47. The predicted octanol–water partition coefficient (Wildman–Crippen LogP) is 0.406. The summed E-state index contributed by atoms with van der Waals surface area (Å²) in [5.41, 5.74) is 6.63. The quantitative estimate of drug-likeness (QED) is 0.762. The van der Waals surface area contributed by atoms with Gasteiger partial charge in [-0.3, -0.25) is 0 Å². The number of nitrogens with zero attached hydrogens (tertiary/aromatic N) is 3. The number of hydrogen-bond donors (Lipinski definition) is 1. The van der Waals surface area contributed by atoms with Crippen molar-refractivity contribution in [2.45, 2.75) is 19.5 Å². The van der Waals surface area contributed by atoms with Crippen LogP contribution in [0.4, 0.5) is 5.82 Å². The van der Waals surface area contributed by atoms with Gasteiger partial charge in [0.25, 0.3) is 0 Å². The number of aromatic nitrogens is 2. The summed E-state index contributed by atoms with van der Waals surface area (Å²) in [5.74, 6) is 0.824. The van der Waals surface area contributed by atoms with Crippen LogP contribution >= 0.6 is 0 Å². The lowest BCUT2D eigenvalue weighted by atomic mass is 10.2. The average Bonchev–Trinajstić information content (AvgIpc) is 2.28. The zero-order chi connectivity index (χ0) is 11.3. The molecule has 5 heteroatoms. The van der Waals surface area contributed by atoms with Crippen molar-refractivity contribution < 1.29 is 4.74 Å². The van der Waals surface area contributed by atoms with Gasteiger partial charge in [-0.15, -0.1) is 5.10 Å². The predicted molar refractivity (Wildman–Crippen MR) is 59.7 cm³/mol. The van der Waals surface area contributed by atoms with Crippen molar-refractivity contribution >= 4 is 5.82 Å². The minimum absolute atomic E-state index is 0.247. The molecule has 1 aromatic heterocycles. The molecular formula is C10H18N4O. The molecule has 0 amide bonds. The first-order valence-electron chi connectivity index (χ1n) is 4.93. The summed E-state index contributed by atoms with van der Waals surface area (Å²) in [7, 11) is 3.65. The van der Waals surface area contributed by atoms with Gasteiger partial charge < -0.3 is 15.4 Å². The topological polar surface area (TPSA) is 64.3 Å². The van der Waals surface area contributed by atoms with E-state index in [0.29, 0.717) is 13.2 Å². The van der Waals surface area contributed by atoms with Gasteiger partial charge in [-0.25, -0.2) is 0 Å². The highest BCUT2D eigenvalue weighted by Gasteiger charge is 2.14. The van der Waals surface area contributed by atoms with Gasteiger partial charge in [0.2, 0.25) is 0 Å². The van der Waals surface area contributed by atoms with Crippen LogP contribution in [-0.2, 0) is 11.3 Å². The highest BCUT2D eigenvalue weighted by Crippen LogP contribution is 2.16. The van der Waals surface area contributed by atoms with Crippen molar-refractivity contribution in [1.82, 2.24) is 10.2 Å². The summed E-state index contributed by atoms with van der Waals surface area (Å²) < 4.78 is 5.10. The molecule has 0 saturated heterocycles. The Labute approximate surface area is 90.2 Å². The molecule has 1 aromatic rings. The first-order valence-corrected chi connectivity index (χ1v) is 4.93. The van der Waals surface area contributed by atoms with Crippen LogP contribution < -0.4 is 10.6 Å². The zero-order valence-corrected chi connectivity index (χ0v) is 9.47. The molecule has 1 unspecified atom stereocenters. The maximum atomic E-state index is 5.64. The highest BCUT2D eigenvalue weighted by atomic mass is 16.5. The van der Waals surface area contributed by atoms with E-state index in [-0.39, 0.29) is 6.04 Å². The van der Waals surface area contributed by atoms with E-state index in [1.54, 1.807) is 13.3 Å². The van der Waals surface area contributed by atoms with Gasteiger partial charge in [0.15, 0.2) is 5.82 Å². The molecule has 0 saturated carbocycles. The normalized spacial score (nSPS) is 12.5. The Balaban J connectivity index is 2.84. The SMILES string of the molecule is COCC(C)N(C)c1nnccc1CN. The average molecular weight is 210 g/mol. The van der Waals surface area contributed by atoms with Crippen molar-refractivity contribution in [2.75, 3.05) is 25.7 Å². The first kappa shape index (κ1) is 11.9. The lowest BCUT2D eigenvalue weighted by Crippen LogP contribution is -2.34. The molecule has 0 aliphatic rings. The van der Waals surface area contributed by atoms with Crippen LogP contribution in [0.2, 0.25) is 0 Å². The number of likely N-dealkylation sites (N-methyl/N-ethyl adjacent to an activating group) is 1. The van der Waals surface area contributed by atoms with E-state index in [1.807, 2.05) is 18.0 Å². The van der Waals surface area contributed by atoms with Crippen LogP contribution in [0.5, 0.6) is 0 Å². The lowest BCUT2D eigenvalue weighted by Gasteiger charge is -2.26. The maximum Gasteiger partial charge on any atom is 0.155 e. The Hall–Kier alpha value is -1.20. The van der Waals surface area contributed by atoms with Crippen LogP contribution in [0.25, 0.3) is 0 Å². The Bertz CT molecular complexity index is 305. The largest absolute Gasteiger partial charge is 0.383 e. The smallest absolute Gasteiger partial charge is 0.155 e. The highest BCUT2D eigenvalue weighted by molar-refractivity contribution is 5.45. The van der Waals surface area contributed by atoms with Crippen LogP contribution in [-0.4, -0.2) is 37.0 Å². The second-order valence-corrected chi connectivity index (χ2v) is 3.50. The summed E-state index contributed by atoms with van der Waals surface area (Å²) in [5, 5.41) is 7.96. The van der Waals surface area contributed by atoms with E-state index in [0.717, 1.165) is 11.4 Å². The van der Waals surface area contributed by atoms with Crippen molar-refractivity contribution in [3.63, 3.8) is 0 Å². The Kier molecular flexibility index (Phi) is 4.45. The third-order valence-electron chi connectivity index (χ3n) is 2.41. The fraction of sp³-hybridized carbons (Fsp3) is 0.600. The molecule has 0 aromatic carbocycles. The van der Waals surface area contributed by atoms with E-state index in [1.165, 1.54) is 0 Å². The van der Waals surface area contributed by atoms with Crippen LogP contribution in [0, 0.1) is 0 Å². The second-order valence-electron chi connectivity index (χ2n) is 3.50. The molecule has 0 fully saturated rings. The molecule has 1 heterocycles. The van der Waals surface area contributed by atoms with Crippen molar-refractivity contribution in [1.29, 1.82) is 0 Å². The Morgan fingerprint density at radius 1 is 1.60 bits per heavy atom. The van der Waals surface area contributed by atoms with E-state index in [9.17, 15) is 0 Å². The molecule has 0 aliphatic heterocycles. The lowest BCUT2D eigenvalue weighted by molar-refractivity contribution is 0.183. The number of rotatable bonds is 5. The molecule has 0 spiro atoms. The van der Waals surface area contributed by atoms with E-state index in [2.05, 4.69) is 17.1 Å². The Morgan fingerprint density at radius 3 is 2.93 bits per heavy atom. The molecular weight excluding hydrogens is 192 g/mol. The molecule has 0 aliphatic carbocycles.